The average molecular weight is 439 g/mol. The molecule has 7 heteroatoms. The molecule has 0 unspecified atom stereocenters. The number of carbonyl (C=O) groups excluding carboxylic acids is 1. The molecule has 0 saturated carbocycles. The third-order valence-corrected chi connectivity index (χ3v) is 5.77. The summed E-state index contributed by atoms with van der Waals surface area (Å²) >= 11 is 0. The number of carbonyl (C=O) groups is 1. The van der Waals surface area contributed by atoms with Gasteiger partial charge >= 0.3 is 0 Å². The Morgan fingerprint density at radius 2 is 2.03 bits per heavy atom. The molecule has 0 aliphatic carbocycles. The van der Waals surface area contributed by atoms with E-state index in [2.05, 4.69) is 25.3 Å². The van der Waals surface area contributed by atoms with Gasteiger partial charge in [-0.3, -0.25) is 9.69 Å². The third kappa shape index (κ3) is 4.89. The van der Waals surface area contributed by atoms with Crippen LogP contribution < -0.4 is 19.1 Å². The number of anilines is 1. The molecule has 32 heavy (non-hydrogen) atoms. The van der Waals surface area contributed by atoms with Gasteiger partial charge in [0.05, 0.1) is 26.3 Å². The Kier molecular flexibility index (Phi) is 6.67. The minimum absolute atomic E-state index is 0.00244. The van der Waals surface area contributed by atoms with Gasteiger partial charge < -0.3 is 23.8 Å². The van der Waals surface area contributed by atoms with Crippen molar-refractivity contribution in [2.75, 3.05) is 44.6 Å². The number of hydrogen-bond acceptors (Lipinski definition) is 6. The van der Waals surface area contributed by atoms with Crippen LogP contribution in [-0.4, -0.2) is 56.0 Å². The number of amides is 1. The second-order valence-corrected chi connectivity index (χ2v) is 8.51. The van der Waals surface area contributed by atoms with Gasteiger partial charge in [0.2, 0.25) is 12.7 Å². The van der Waals surface area contributed by atoms with Crippen molar-refractivity contribution < 1.29 is 23.7 Å². The molecule has 1 fully saturated rings. The summed E-state index contributed by atoms with van der Waals surface area (Å²) in [4.78, 5) is 17.6. The van der Waals surface area contributed by atoms with Crippen LogP contribution in [0.5, 0.6) is 17.2 Å². The van der Waals surface area contributed by atoms with Crippen molar-refractivity contribution in [2.24, 2.45) is 0 Å². The second-order valence-electron chi connectivity index (χ2n) is 8.51. The molecule has 0 atom stereocenters. The molecule has 7 nitrogen and oxygen atoms in total. The Hall–Kier alpha value is -3.03. The topological polar surface area (TPSA) is 60.5 Å². The molecular formula is C25H30N2O5. The van der Waals surface area contributed by atoms with Crippen LogP contribution in [0.3, 0.4) is 0 Å². The summed E-state index contributed by atoms with van der Waals surface area (Å²) in [5.41, 5.74) is 1.46. The van der Waals surface area contributed by atoms with E-state index < -0.39 is 0 Å². The van der Waals surface area contributed by atoms with Crippen LogP contribution in [0.2, 0.25) is 0 Å². The Bertz CT molecular complexity index is 975. The first-order valence-corrected chi connectivity index (χ1v) is 10.8. The fraction of sp³-hybridized carbons (Fsp3) is 0.400. The summed E-state index contributed by atoms with van der Waals surface area (Å²) in [6, 6.07) is 13.3. The quantitative estimate of drug-likeness (QED) is 0.587. The smallest absolute Gasteiger partial charge is 0.241 e. The van der Waals surface area contributed by atoms with Crippen molar-refractivity contribution in [1.29, 1.82) is 0 Å². The second kappa shape index (κ2) is 9.63. The normalized spacial score (nSPS) is 17.1. The highest BCUT2D eigenvalue weighted by Crippen LogP contribution is 2.36. The molecule has 0 aromatic heterocycles. The maximum absolute atomic E-state index is 13.6. The van der Waals surface area contributed by atoms with E-state index in [4.69, 9.17) is 18.9 Å². The molecule has 2 aliphatic heterocycles. The van der Waals surface area contributed by atoms with Gasteiger partial charge in [0.1, 0.15) is 12.4 Å². The molecule has 0 radical (unpaired) electrons. The molecule has 0 bridgehead atoms. The van der Waals surface area contributed by atoms with Crippen LogP contribution >= 0.6 is 0 Å². The monoisotopic (exact) mass is 438 g/mol. The molecule has 1 saturated heterocycles. The van der Waals surface area contributed by atoms with Crippen molar-refractivity contribution in [2.45, 2.75) is 25.9 Å². The molecule has 4 rings (SSSR count). The summed E-state index contributed by atoms with van der Waals surface area (Å²) in [6.45, 7) is 11.1. The van der Waals surface area contributed by atoms with Gasteiger partial charge in [-0.05, 0) is 32.0 Å². The molecule has 2 aromatic rings. The van der Waals surface area contributed by atoms with Crippen molar-refractivity contribution in [3.63, 3.8) is 0 Å². The highest BCUT2D eigenvalue weighted by Gasteiger charge is 2.33. The van der Waals surface area contributed by atoms with Gasteiger partial charge in [-0.1, -0.05) is 30.9 Å². The van der Waals surface area contributed by atoms with E-state index in [1.807, 2.05) is 42.5 Å². The van der Waals surface area contributed by atoms with Gasteiger partial charge in [0, 0.05) is 29.4 Å². The summed E-state index contributed by atoms with van der Waals surface area (Å²) in [7, 11) is 0. The predicted octanol–water partition coefficient (Wildman–Crippen LogP) is 3.62. The van der Waals surface area contributed by atoms with Crippen molar-refractivity contribution in [3.05, 3.63) is 60.7 Å². The van der Waals surface area contributed by atoms with E-state index in [1.165, 1.54) is 0 Å². The first-order chi connectivity index (χ1) is 15.5. The van der Waals surface area contributed by atoms with Gasteiger partial charge in [-0.25, -0.2) is 0 Å². The lowest BCUT2D eigenvalue weighted by Crippen LogP contribution is -2.56. The number of nitrogens with zero attached hydrogens (tertiary/aromatic N) is 2. The van der Waals surface area contributed by atoms with E-state index in [0.717, 1.165) is 17.0 Å². The van der Waals surface area contributed by atoms with Crippen LogP contribution in [-0.2, 0) is 16.1 Å². The maximum atomic E-state index is 13.6. The Morgan fingerprint density at radius 1 is 1.22 bits per heavy atom. The highest BCUT2D eigenvalue weighted by molar-refractivity contribution is 5.95. The molecule has 0 spiro atoms. The van der Waals surface area contributed by atoms with Gasteiger partial charge in [-0.2, -0.15) is 0 Å². The minimum Gasteiger partial charge on any atom is -0.489 e. The molecule has 2 heterocycles. The molecule has 2 aliphatic rings. The van der Waals surface area contributed by atoms with Crippen LogP contribution in [0.1, 0.15) is 19.4 Å². The average Bonchev–Trinajstić information content (AvgIpc) is 3.26. The Balaban J connectivity index is 1.63. The fourth-order valence-corrected chi connectivity index (χ4v) is 3.90. The summed E-state index contributed by atoms with van der Waals surface area (Å²) in [6.07, 6.45) is 1.71. The first-order valence-electron chi connectivity index (χ1n) is 10.8. The van der Waals surface area contributed by atoms with E-state index >= 15 is 0 Å². The zero-order valence-corrected chi connectivity index (χ0v) is 18.7. The predicted molar refractivity (Wildman–Crippen MR) is 122 cm³/mol. The van der Waals surface area contributed by atoms with E-state index in [0.29, 0.717) is 51.0 Å². The zero-order chi connectivity index (χ0) is 22.6. The number of morpholine rings is 1. The summed E-state index contributed by atoms with van der Waals surface area (Å²) in [5.74, 6) is 2.06. The van der Waals surface area contributed by atoms with Gasteiger partial charge in [-0.15, -0.1) is 0 Å². The van der Waals surface area contributed by atoms with Gasteiger partial charge in [0.15, 0.2) is 11.5 Å². The number of ether oxygens (including phenoxy) is 4. The lowest BCUT2D eigenvalue weighted by atomic mass is 10.0. The first kappa shape index (κ1) is 22.2. The molecular weight excluding hydrogens is 408 g/mol. The molecule has 0 N–H and O–H groups in total. The standard InChI is InChI=1S/C25H30N2O5/c1-4-12-30-21-8-6-5-7-19(21)15-27(20-9-10-22-23(14-20)32-18-31-22)24(28)16-26-11-13-29-17-25(26,2)3/h4-10,14H,1,11-13,15-18H2,2-3H3. The number of para-hydroxylation sites is 1. The van der Waals surface area contributed by atoms with E-state index in [-0.39, 0.29) is 18.2 Å². The fourth-order valence-electron chi connectivity index (χ4n) is 3.90. The van der Waals surface area contributed by atoms with E-state index in [1.54, 1.807) is 11.0 Å². The Labute approximate surface area is 189 Å². The van der Waals surface area contributed by atoms with Crippen LogP contribution in [0.25, 0.3) is 0 Å². The van der Waals surface area contributed by atoms with Crippen LogP contribution in [0.15, 0.2) is 55.1 Å². The summed E-state index contributed by atoms with van der Waals surface area (Å²) < 4.78 is 22.5. The van der Waals surface area contributed by atoms with Gasteiger partial charge in [0.25, 0.3) is 0 Å². The van der Waals surface area contributed by atoms with Crippen molar-refractivity contribution >= 4 is 11.6 Å². The number of rotatable bonds is 8. The lowest BCUT2D eigenvalue weighted by Gasteiger charge is -2.42. The SMILES string of the molecule is C=CCOc1ccccc1CN(C(=O)CN1CCOCC1(C)C)c1ccc2c(c1)OCO2. The largest absolute Gasteiger partial charge is 0.489 e. The number of benzene rings is 2. The molecule has 170 valence electrons. The van der Waals surface area contributed by atoms with E-state index in [9.17, 15) is 4.79 Å². The Morgan fingerprint density at radius 3 is 2.84 bits per heavy atom. The van der Waals surface area contributed by atoms with Crippen molar-refractivity contribution in [1.82, 2.24) is 4.90 Å². The molecule has 1 amide bonds. The number of hydrogen-bond donors (Lipinski definition) is 0. The summed E-state index contributed by atoms with van der Waals surface area (Å²) in [5, 5.41) is 0. The minimum atomic E-state index is -0.209. The van der Waals surface area contributed by atoms with Crippen LogP contribution in [0.4, 0.5) is 5.69 Å². The molecule has 2 aromatic carbocycles. The maximum Gasteiger partial charge on any atom is 0.241 e. The zero-order valence-electron chi connectivity index (χ0n) is 18.7. The lowest BCUT2D eigenvalue weighted by molar-refractivity contribution is -0.124. The number of fused-ring (bicyclic) bond motifs is 1. The highest BCUT2D eigenvalue weighted by atomic mass is 16.7. The van der Waals surface area contributed by atoms with Crippen LogP contribution in [0, 0.1) is 0 Å². The van der Waals surface area contributed by atoms with Crippen molar-refractivity contribution in [3.8, 4) is 17.2 Å². The third-order valence-electron chi connectivity index (χ3n) is 5.77.